The Morgan fingerprint density at radius 1 is 1.29 bits per heavy atom. The molecule has 0 spiro atoms. The van der Waals surface area contributed by atoms with Crippen LogP contribution in [0.2, 0.25) is 0 Å². The Morgan fingerprint density at radius 3 is 2.50 bits per heavy atom. The van der Waals surface area contributed by atoms with Gasteiger partial charge in [-0.05, 0) is 19.3 Å². The van der Waals surface area contributed by atoms with Crippen LogP contribution in [0.3, 0.4) is 0 Å². The minimum Gasteiger partial charge on any atom is -0.381 e. The molecule has 14 heavy (non-hydrogen) atoms. The molecule has 1 saturated heterocycles. The molecular weight excluding hydrogens is 178 g/mol. The highest BCUT2D eigenvalue weighted by Crippen LogP contribution is 2.24. The number of ketones is 1. The van der Waals surface area contributed by atoms with Crippen molar-refractivity contribution in [2.45, 2.75) is 44.2 Å². The van der Waals surface area contributed by atoms with E-state index in [1.54, 1.807) is 7.11 Å². The van der Waals surface area contributed by atoms with Crippen molar-refractivity contribution < 1.29 is 9.53 Å². The number of nitrogens with zero attached hydrogens (tertiary/aromatic N) is 1. The molecule has 1 unspecified atom stereocenters. The van der Waals surface area contributed by atoms with Crippen LogP contribution in [0.1, 0.15) is 32.1 Å². The molecule has 1 atom stereocenters. The van der Waals surface area contributed by atoms with E-state index in [1.807, 2.05) is 0 Å². The van der Waals surface area contributed by atoms with Gasteiger partial charge in [-0.3, -0.25) is 9.69 Å². The van der Waals surface area contributed by atoms with Gasteiger partial charge in [0.2, 0.25) is 0 Å². The van der Waals surface area contributed by atoms with E-state index in [4.69, 9.17) is 4.74 Å². The number of carbonyl (C=O) groups excluding carboxylic acids is 1. The van der Waals surface area contributed by atoms with Crippen molar-refractivity contribution in [3.8, 4) is 0 Å². The first-order chi connectivity index (χ1) is 6.79. The van der Waals surface area contributed by atoms with Gasteiger partial charge in [0, 0.05) is 39.1 Å². The summed E-state index contributed by atoms with van der Waals surface area (Å²) in [5.74, 6) is 0.448. The van der Waals surface area contributed by atoms with Crippen LogP contribution < -0.4 is 0 Å². The predicted molar refractivity (Wildman–Crippen MR) is 54.3 cm³/mol. The van der Waals surface area contributed by atoms with Gasteiger partial charge in [0.1, 0.15) is 5.78 Å². The number of Topliss-reactive ketones (excluding diaryl/α,β-unsaturated/α-hetero) is 1. The van der Waals surface area contributed by atoms with Crippen LogP contribution in [0.4, 0.5) is 0 Å². The Bertz CT molecular complexity index is 209. The largest absolute Gasteiger partial charge is 0.381 e. The van der Waals surface area contributed by atoms with Gasteiger partial charge in [-0.1, -0.05) is 0 Å². The number of likely N-dealkylation sites (tertiary alicyclic amines) is 1. The van der Waals surface area contributed by atoms with Crippen molar-refractivity contribution in [3.05, 3.63) is 0 Å². The Balaban J connectivity index is 1.80. The minimum atomic E-state index is 0.448. The lowest BCUT2D eigenvalue weighted by Gasteiger charge is -2.35. The first-order valence-corrected chi connectivity index (χ1v) is 5.58. The van der Waals surface area contributed by atoms with E-state index >= 15 is 0 Å². The molecule has 0 bridgehead atoms. The molecule has 0 amide bonds. The van der Waals surface area contributed by atoms with Crippen LogP contribution in [-0.2, 0) is 9.53 Å². The molecule has 2 aliphatic rings. The van der Waals surface area contributed by atoms with Crippen molar-refractivity contribution in [1.29, 1.82) is 0 Å². The normalized spacial score (nSPS) is 31.2. The van der Waals surface area contributed by atoms with Crippen molar-refractivity contribution >= 4 is 5.78 Å². The first kappa shape index (κ1) is 10.1. The summed E-state index contributed by atoms with van der Waals surface area (Å²) in [7, 11) is 1.79. The number of carbonyl (C=O) groups is 1. The van der Waals surface area contributed by atoms with E-state index < -0.39 is 0 Å². The van der Waals surface area contributed by atoms with Gasteiger partial charge in [0.25, 0.3) is 0 Å². The molecule has 3 nitrogen and oxygen atoms in total. The molecule has 2 rings (SSSR count). The van der Waals surface area contributed by atoms with Crippen molar-refractivity contribution in [3.63, 3.8) is 0 Å². The zero-order valence-corrected chi connectivity index (χ0v) is 8.87. The highest BCUT2D eigenvalue weighted by atomic mass is 16.5. The predicted octanol–water partition coefficient (Wildman–Crippen LogP) is 1.22. The maximum absolute atomic E-state index is 11.2. The second kappa shape index (κ2) is 4.41. The monoisotopic (exact) mass is 197 g/mol. The van der Waals surface area contributed by atoms with Crippen LogP contribution in [-0.4, -0.2) is 43.0 Å². The third kappa shape index (κ3) is 2.15. The van der Waals surface area contributed by atoms with Gasteiger partial charge in [0.05, 0.1) is 6.10 Å². The fourth-order valence-corrected chi connectivity index (χ4v) is 2.58. The Kier molecular flexibility index (Phi) is 3.19. The smallest absolute Gasteiger partial charge is 0.134 e. The average molecular weight is 197 g/mol. The van der Waals surface area contributed by atoms with Crippen LogP contribution in [0.25, 0.3) is 0 Å². The quantitative estimate of drug-likeness (QED) is 0.666. The van der Waals surface area contributed by atoms with Gasteiger partial charge < -0.3 is 4.74 Å². The lowest BCUT2D eigenvalue weighted by atomic mass is 10.0. The average Bonchev–Trinajstić information content (AvgIpc) is 2.65. The summed E-state index contributed by atoms with van der Waals surface area (Å²) in [6.07, 6.45) is 5.37. The molecule has 3 heteroatoms. The fourth-order valence-electron chi connectivity index (χ4n) is 2.58. The third-order valence-electron chi connectivity index (χ3n) is 3.55. The molecule has 0 N–H and O–H groups in total. The van der Waals surface area contributed by atoms with E-state index in [1.165, 1.54) is 0 Å². The SMILES string of the molecule is COC1CCN(C2CCC(=O)C2)CC1. The highest BCUT2D eigenvalue weighted by Gasteiger charge is 2.30. The highest BCUT2D eigenvalue weighted by molar-refractivity contribution is 5.81. The number of hydrogen-bond acceptors (Lipinski definition) is 3. The second-order valence-corrected chi connectivity index (χ2v) is 4.41. The molecule has 0 radical (unpaired) electrons. The second-order valence-electron chi connectivity index (χ2n) is 4.41. The molecule has 2 fully saturated rings. The molecule has 80 valence electrons. The number of ether oxygens (including phenoxy) is 1. The lowest BCUT2D eigenvalue weighted by Crippen LogP contribution is -2.42. The van der Waals surface area contributed by atoms with Gasteiger partial charge in [0.15, 0.2) is 0 Å². The van der Waals surface area contributed by atoms with Crippen LogP contribution in [0, 0.1) is 0 Å². The summed E-state index contributed by atoms with van der Waals surface area (Å²) < 4.78 is 5.33. The minimum absolute atomic E-state index is 0.448. The first-order valence-electron chi connectivity index (χ1n) is 5.58. The molecule has 0 aromatic heterocycles. The number of hydrogen-bond donors (Lipinski definition) is 0. The standard InChI is InChI=1S/C11H19NO2/c1-14-11-4-6-12(7-5-11)9-2-3-10(13)8-9/h9,11H,2-8H2,1H3. The van der Waals surface area contributed by atoms with Crippen LogP contribution >= 0.6 is 0 Å². The maximum Gasteiger partial charge on any atom is 0.134 e. The summed E-state index contributed by atoms with van der Waals surface area (Å²) in [6, 6.07) is 0.542. The Labute approximate surface area is 85.4 Å². The number of rotatable bonds is 2. The molecular formula is C11H19NO2. The third-order valence-corrected chi connectivity index (χ3v) is 3.55. The zero-order valence-electron chi connectivity index (χ0n) is 8.87. The van der Waals surface area contributed by atoms with Crippen molar-refractivity contribution in [1.82, 2.24) is 4.90 Å². The fraction of sp³-hybridized carbons (Fsp3) is 0.909. The van der Waals surface area contributed by atoms with E-state index in [2.05, 4.69) is 4.90 Å². The summed E-state index contributed by atoms with van der Waals surface area (Å²) in [5, 5.41) is 0. The van der Waals surface area contributed by atoms with E-state index in [0.29, 0.717) is 17.9 Å². The molecule has 1 heterocycles. The molecule has 1 saturated carbocycles. The van der Waals surface area contributed by atoms with E-state index in [9.17, 15) is 4.79 Å². The molecule has 1 aliphatic carbocycles. The lowest BCUT2D eigenvalue weighted by molar-refractivity contribution is -0.117. The van der Waals surface area contributed by atoms with Gasteiger partial charge in [-0.2, -0.15) is 0 Å². The number of piperidine rings is 1. The molecule has 1 aliphatic heterocycles. The summed E-state index contributed by atoms with van der Waals surface area (Å²) >= 11 is 0. The number of methoxy groups -OCH3 is 1. The maximum atomic E-state index is 11.2. The molecule has 0 aromatic rings. The summed E-state index contributed by atoms with van der Waals surface area (Å²) in [4.78, 5) is 13.6. The van der Waals surface area contributed by atoms with Crippen molar-refractivity contribution in [2.24, 2.45) is 0 Å². The van der Waals surface area contributed by atoms with Crippen LogP contribution in [0.15, 0.2) is 0 Å². The van der Waals surface area contributed by atoms with Crippen molar-refractivity contribution in [2.75, 3.05) is 20.2 Å². The zero-order chi connectivity index (χ0) is 9.97. The van der Waals surface area contributed by atoms with Crippen LogP contribution in [0.5, 0.6) is 0 Å². The van der Waals surface area contributed by atoms with Gasteiger partial charge in [-0.25, -0.2) is 0 Å². The molecule has 0 aromatic carbocycles. The Morgan fingerprint density at radius 2 is 2.00 bits per heavy atom. The van der Waals surface area contributed by atoms with Gasteiger partial charge in [-0.15, -0.1) is 0 Å². The Hall–Kier alpha value is -0.410. The van der Waals surface area contributed by atoms with E-state index in [0.717, 1.165) is 45.2 Å². The van der Waals surface area contributed by atoms with E-state index in [-0.39, 0.29) is 0 Å². The summed E-state index contributed by atoms with van der Waals surface area (Å²) in [5.41, 5.74) is 0. The van der Waals surface area contributed by atoms with Gasteiger partial charge >= 0.3 is 0 Å². The topological polar surface area (TPSA) is 29.5 Å². The summed E-state index contributed by atoms with van der Waals surface area (Å²) in [6.45, 7) is 2.22.